The summed E-state index contributed by atoms with van der Waals surface area (Å²) in [5, 5.41) is 20.8. The standard InChI is InChI=1S/C25H37N5O2/c1-24(2,3)25(28-23(31)32)14-5-4-9-22(25)27-19-8-6-16-29(18-19)20-10-12-21(13-11-20)30-17-7-15-26-30/h7,10-13,15,17,19,22,27-28H,4-6,8-9,14,16,18H2,1-3H3,(H,31,32). The third-order valence-corrected chi connectivity index (χ3v) is 7.42. The summed E-state index contributed by atoms with van der Waals surface area (Å²) >= 11 is 0. The molecular weight excluding hydrogens is 402 g/mol. The molecule has 7 nitrogen and oxygen atoms in total. The van der Waals surface area contributed by atoms with Crippen LogP contribution in [0.5, 0.6) is 0 Å². The van der Waals surface area contributed by atoms with Gasteiger partial charge in [-0.2, -0.15) is 5.10 Å². The summed E-state index contributed by atoms with van der Waals surface area (Å²) in [6.07, 6.45) is 9.15. The number of carboxylic acid groups (broad SMARTS) is 1. The van der Waals surface area contributed by atoms with Gasteiger partial charge in [0, 0.05) is 43.3 Å². The van der Waals surface area contributed by atoms with E-state index >= 15 is 0 Å². The lowest BCUT2D eigenvalue weighted by Crippen LogP contribution is -2.70. The second-order valence-corrected chi connectivity index (χ2v) is 10.4. The number of carbonyl (C=O) groups is 1. The van der Waals surface area contributed by atoms with Crippen LogP contribution in [0.1, 0.15) is 59.3 Å². The summed E-state index contributed by atoms with van der Waals surface area (Å²) in [5.41, 5.74) is 1.66. The Hall–Kier alpha value is -2.54. The lowest BCUT2D eigenvalue weighted by atomic mass is 9.62. The molecule has 3 atom stereocenters. The highest BCUT2D eigenvalue weighted by molar-refractivity contribution is 5.66. The van der Waals surface area contributed by atoms with E-state index in [1.807, 2.05) is 16.9 Å². The fourth-order valence-corrected chi connectivity index (χ4v) is 5.69. The predicted molar refractivity (Wildman–Crippen MR) is 128 cm³/mol. The Morgan fingerprint density at radius 1 is 1.12 bits per heavy atom. The third kappa shape index (κ3) is 4.63. The van der Waals surface area contributed by atoms with Crippen molar-refractivity contribution in [2.75, 3.05) is 18.0 Å². The van der Waals surface area contributed by atoms with Gasteiger partial charge in [0.25, 0.3) is 0 Å². The van der Waals surface area contributed by atoms with Crippen molar-refractivity contribution in [1.29, 1.82) is 0 Å². The molecule has 7 heteroatoms. The molecule has 1 aromatic heterocycles. The molecule has 2 aromatic rings. The lowest BCUT2D eigenvalue weighted by Gasteiger charge is -2.54. The van der Waals surface area contributed by atoms with E-state index in [4.69, 9.17) is 0 Å². The molecule has 0 bridgehead atoms. The van der Waals surface area contributed by atoms with Crippen LogP contribution in [0.25, 0.3) is 5.69 Å². The number of anilines is 1. The lowest BCUT2D eigenvalue weighted by molar-refractivity contribution is 0.0451. The third-order valence-electron chi connectivity index (χ3n) is 7.42. The van der Waals surface area contributed by atoms with Crippen molar-refractivity contribution < 1.29 is 9.90 Å². The molecule has 1 saturated heterocycles. The molecule has 1 aromatic carbocycles. The van der Waals surface area contributed by atoms with Gasteiger partial charge < -0.3 is 20.6 Å². The zero-order valence-corrected chi connectivity index (χ0v) is 19.6. The first-order valence-corrected chi connectivity index (χ1v) is 11.9. The fraction of sp³-hybridized carbons (Fsp3) is 0.600. The first-order valence-electron chi connectivity index (χ1n) is 11.9. The van der Waals surface area contributed by atoms with Crippen LogP contribution in [-0.2, 0) is 0 Å². The number of amides is 1. The number of rotatable bonds is 5. The first-order chi connectivity index (χ1) is 15.3. The maximum absolute atomic E-state index is 11.8. The van der Waals surface area contributed by atoms with Gasteiger partial charge in [-0.1, -0.05) is 33.6 Å². The van der Waals surface area contributed by atoms with Crippen molar-refractivity contribution in [3.63, 3.8) is 0 Å². The van der Waals surface area contributed by atoms with Gasteiger partial charge in [-0.15, -0.1) is 0 Å². The molecule has 174 valence electrons. The highest BCUT2D eigenvalue weighted by Crippen LogP contribution is 2.42. The van der Waals surface area contributed by atoms with Crippen LogP contribution in [0.3, 0.4) is 0 Å². The van der Waals surface area contributed by atoms with Crippen LogP contribution in [0.15, 0.2) is 42.7 Å². The number of benzene rings is 1. The second-order valence-electron chi connectivity index (χ2n) is 10.4. The number of piperidine rings is 1. The smallest absolute Gasteiger partial charge is 0.405 e. The molecule has 0 spiro atoms. The maximum Gasteiger partial charge on any atom is 0.405 e. The number of nitrogens with one attached hydrogen (secondary N) is 2. The molecule has 1 aliphatic heterocycles. The first kappa shape index (κ1) is 22.6. The number of aromatic nitrogens is 2. The molecule has 2 fully saturated rings. The van der Waals surface area contributed by atoms with Gasteiger partial charge in [-0.05, 0) is 61.4 Å². The van der Waals surface area contributed by atoms with Crippen molar-refractivity contribution in [1.82, 2.24) is 20.4 Å². The zero-order chi connectivity index (χ0) is 22.8. The number of hydrogen-bond acceptors (Lipinski definition) is 4. The Bertz CT molecular complexity index is 890. The maximum atomic E-state index is 11.8. The Labute approximate surface area is 191 Å². The molecule has 0 radical (unpaired) electrons. The average molecular weight is 440 g/mol. The largest absolute Gasteiger partial charge is 0.465 e. The highest BCUT2D eigenvalue weighted by atomic mass is 16.4. The number of hydrogen-bond donors (Lipinski definition) is 3. The quantitative estimate of drug-likeness (QED) is 0.642. The molecule has 32 heavy (non-hydrogen) atoms. The van der Waals surface area contributed by atoms with Gasteiger partial charge >= 0.3 is 6.09 Å². The molecule has 1 aliphatic carbocycles. The monoisotopic (exact) mass is 439 g/mol. The van der Waals surface area contributed by atoms with Crippen molar-refractivity contribution in [2.45, 2.75) is 76.9 Å². The zero-order valence-electron chi connectivity index (χ0n) is 19.6. The average Bonchev–Trinajstić information content (AvgIpc) is 3.29. The van der Waals surface area contributed by atoms with Crippen LogP contribution in [0.4, 0.5) is 10.5 Å². The molecule has 1 saturated carbocycles. The van der Waals surface area contributed by atoms with Gasteiger partial charge in [0.05, 0.1) is 11.2 Å². The topological polar surface area (TPSA) is 82.4 Å². The minimum Gasteiger partial charge on any atom is -0.465 e. The molecule has 2 heterocycles. The van der Waals surface area contributed by atoms with E-state index in [1.54, 1.807) is 6.20 Å². The summed E-state index contributed by atoms with van der Waals surface area (Å²) in [5.74, 6) is 0. The van der Waals surface area contributed by atoms with Crippen LogP contribution >= 0.6 is 0 Å². The minimum absolute atomic E-state index is 0.138. The van der Waals surface area contributed by atoms with Crippen molar-refractivity contribution in [3.8, 4) is 5.69 Å². The van der Waals surface area contributed by atoms with Crippen molar-refractivity contribution in [3.05, 3.63) is 42.7 Å². The van der Waals surface area contributed by atoms with Crippen molar-refractivity contribution >= 4 is 11.8 Å². The van der Waals surface area contributed by atoms with E-state index < -0.39 is 11.6 Å². The van der Waals surface area contributed by atoms with E-state index in [9.17, 15) is 9.90 Å². The fourth-order valence-electron chi connectivity index (χ4n) is 5.69. The molecular formula is C25H37N5O2. The normalized spacial score (nSPS) is 26.7. The summed E-state index contributed by atoms with van der Waals surface area (Å²) in [7, 11) is 0. The van der Waals surface area contributed by atoms with Crippen LogP contribution in [0, 0.1) is 5.41 Å². The Morgan fingerprint density at radius 2 is 1.88 bits per heavy atom. The Morgan fingerprint density at radius 3 is 2.53 bits per heavy atom. The van der Waals surface area contributed by atoms with Crippen LogP contribution < -0.4 is 15.5 Å². The van der Waals surface area contributed by atoms with Crippen LogP contribution in [0.2, 0.25) is 0 Å². The Kier molecular flexibility index (Phi) is 6.47. The van der Waals surface area contributed by atoms with E-state index in [1.165, 1.54) is 5.69 Å². The summed E-state index contributed by atoms with van der Waals surface area (Å²) in [4.78, 5) is 14.2. The minimum atomic E-state index is -0.920. The summed E-state index contributed by atoms with van der Waals surface area (Å²) < 4.78 is 1.87. The van der Waals surface area contributed by atoms with Crippen molar-refractivity contribution in [2.24, 2.45) is 5.41 Å². The predicted octanol–water partition coefficient (Wildman–Crippen LogP) is 4.43. The van der Waals surface area contributed by atoms with Gasteiger partial charge in [0.1, 0.15) is 0 Å². The molecule has 1 amide bonds. The molecule has 4 rings (SSSR count). The van der Waals surface area contributed by atoms with E-state index in [2.05, 4.69) is 65.7 Å². The van der Waals surface area contributed by atoms with E-state index in [-0.39, 0.29) is 11.5 Å². The summed E-state index contributed by atoms with van der Waals surface area (Å²) in [6, 6.07) is 11.0. The van der Waals surface area contributed by atoms with E-state index in [0.29, 0.717) is 6.04 Å². The summed E-state index contributed by atoms with van der Waals surface area (Å²) in [6.45, 7) is 8.47. The van der Waals surface area contributed by atoms with Gasteiger partial charge in [0.15, 0.2) is 0 Å². The number of nitrogens with zero attached hydrogens (tertiary/aromatic N) is 3. The Balaban J connectivity index is 1.47. The SMILES string of the molecule is CC(C)(C)C1(NC(=O)O)CCCCC1NC1CCCN(c2ccc(-n3cccn3)cc2)C1. The van der Waals surface area contributed by atoms with Gasteiger partial charge in [0.2, 0.25) is 0 Å². The highest BCUT2D eigenvalue weighted by Gasteiger charge is 2.50. The van der Waals surface area contributed by atoms with Gasteiger partial charge in [-0.3, -0.25) is 0 Å². The second kappa shape index (κ2) is 9.14. The van der Waals surface area contributed by atoms with Crippen LogP contribution in [-0.4, -0.2) is 51.7 Å². The molecule has 3 N–H and O–H groups in total. The van der Waals surface area contributed by atoms with E-state index in [0.717, 1.165) is 57.3 Å². The van der Waals surface area contributed by atoms with Gasteiger partial charge in [-0.25, -0.2) is 9.48 Å². The molecule has 2 aliphatic rings. The molecule has 3 unspecified atom stereocenters.